The molecule has 1 aromatic carbocycles. The number of carbonyl (C=O) groups is 1. The molecule has 3 N–H and O–H groups in total. The molecule has 24 heavy (non-hydrogen) atoms. The maximum absolute atomic E-state index is 12.0. The van der Waals surface area contributed by atoms with E-state index in [4.69, 9.17) is 16.3 Å². The first-order valence-electron chi connectivity index (χ1n) is 7.56. The van der Waals surface area contributed by atoms with Crippen LogP contribution >= 0.6 is 24.0 Å². The van der Waals surface area contributed by atoms with Crippen molar-refractivity contribution in [2.24, 2.45) is 0 Å². The van der Waals surface area contributed by atoms with Crippen LogP contribution in [-0.4, -0.2) is 48.7 Å². The van der Waals surface area contributed by atoms with Crippen LogP contribution in [0.4, 0.5) is 0 Å². The molecule has 0 heterocycles. The molecule has 0 saturated carbocycles. The van der Waals surface area contributed by atoms with E-state index in [-0.39, 0.29) is 30.2 Å². The summed E-state index contributed by atoms with van der Waals surface area (Å²) in [7, 11) is 1.71. The summed E-state index contributed by atoms with van der Waals surface area (Å²) in [6.45, 7) is 5.79. The van der Waals surface area contributed by atoms with E-state index in [1.165, 1.54) is 0 Å². The van der Waals surface area contributed by atoms with Crippen LogP contribution in [-0.2, 0) is 11.2 Å². The van der Waals surface area contributed by atoms with Crippen LogP contribution in [0.2, 0.25) is 0 Å². The topological polar surface area (TPSA) is 70.6 Å². The summed E-state index contributed by atoms with van der Waals surface area (Å²) < 4.78 is 5.50. The Balaban J connectivity index is 0.00000529. The van der Waals surface area contributed by atoms with Crippen molar-refractivity contribution in [3.8, 4) is 5.75 Å². The third kappa shape index (κ3) is 7.53. The van der Waals surface area contributed by atoms with Crippen molar-refractivity contribution in [3.63, 3.8) is 0 Å². The second kappa shape index (κ2) is 12.1. The molecule has 0 bridgehead atoms. The number of aliphatic hydroxyl groups is 1. The van der Waals surface area contributed by atoms with Gasteiger partial charge in [0.15, 0.2) is 0 Å². The van der Waals surface area contributed by atoms with Gasteiger partial charge in [-0.3, -0.25) is 4.79 Å². The summed E-state index contributed by atoms with van der Waals surface area (Å²) >= 11 is 5.76. The largest absolute Gasteiger partial charge is 0.490 e. The fourth-order valence-corrected chi connectivity index (χ4v) is 2.22. The number of alkyl halides is 1. The zero-order valence-corrected chi connectivity index (χ0v) is 15.6. The Labute approximate surface area is 154 Å². The highest BCUT2D eigenvalue weighted by Crippen LogP contribution is 2.16. The van der Waals surface area contributed by atoms with Gasteiger partial charge in [-0.2, -0.15) is 0 Å². The van der Waals surface area contributed by atoms with Crippen molar-refractivity contribution in [2.45, 2.75) is 31.5 Å². The molecule has 0 spiro atoms. The zero-order valence-electron chi connectivity index (χ0n) is 14.0. The van der Waals surface area contributed by atoms with E-state index in [2.05, 4.69) is 17.2 Å². The predicted molar refractivity (Wildman–Crippen MR) is 100 cm³/mol. The van der Waals surface area contributed by atoms with Gasteiger partial charge in [-0.1, -0.05) is 24.8 Å². The molecule has 0 fully saturated rings. The monoisotopic (exact) mass is 376 g/mol. The minimum absolute atomic E-state index is 0. The highest BCUT2D eigenvalue weighted by Gasteiger charge is 2.23. The number of likely N-dealkylation sites (N-methyl/N-ethyl adjacent to an activating group) is 1. The van der Waals surface area contributed by atoms with E-state index >= 15 is 0 Å². The second-order valence-electron chi connectivity index (χ2n) is 5.30. The van der Waals surface area contributed by atoms with E-state index < -0.39 is 12.1 Å². The van der Waals surface area contributed by atoms with Gasteiger partial charge in [-0.05, 0) is 38.1 Å². The third-order valence-electron chi connectivity index (χ3n) is 3.50. The van der Waals surface area contributed by atoms with Gasteiger partial charge in [-0.25, -0.2) is 0 Å². The Morgan fingerprint density at radius 2 is 2.21 bits per heavy atom. The van der Waals surface area contributed by atoms with Crippen LogP contribution < -0.4 is 15.4 Å². The highest BCUT2D eigenvalue weighted by molar-refractivity contribution is 6.18. The summed E-state index contributed by atoms with van der Waals surface area (Å²) in [5.41, 5.74) is 0.943. The SMILES string of the molecule is C=CCOc1cccc(C[C@H](NC(=O)[C@H](C)NC)[C@H](O)CCl)c1.Cl. The lowest BCUT2D eigenvalue weighted by molar-refractivity contribution is -0.124. The average molecular weight is 377 g/mol. The van der Waals surface area contributed by atoms with E-state index in [0.717, 1.165) is 11.3 Å². The van der Waals surface area contributed by atoms with Gasteiger partial charge in [-0.15, -0.1) is 24.0 Å². The Kier molecular flexibility index (Phi) is 11.5. The molecule has 136 valence electrons. The van der Waals surface area contributed by atoms with E-state index in [0.29, 0.717) is 13.0 Å². The summed E-state index contributed by atoms with van der Waals surface area (Å²) in [5.74, 6) is 0.586. The lowest BCUT2D eigenvalue weighted by Crippen LogP contribution is -2.51. The maximum Gasteiger partial charge on any atom is 0.237 e. The number of benzene rings is 1. The molecule has 1 aromatic rings. The van der Waals surface area contributed by atoms with Crippen molar-refractivity contribution >= 4 is 29.9 Å². The molecule has 0 aliphatic heterocycles. The molecule has 0 aromatic heterocycles. The van der Waals surface area contributed by atoms with E-state index in [1.807, 2.05) is 24.3 Å². The number of ether oxygens (including phenoxy) is 1. The van der Waals surface area contributed by atoms with Gasteiger partial charge >= 0.3 is 0 Å². The first-order valence-corrected chi connectivity index (χ1v) is 8.09. The molecular weight excluding hydrogens is 351 g/mol. The summed E-state index contributed by atoms with van der Waals surface area (Å²) in [4.78, 5) is 12.0. The minimum Gasteiger partial charge on any atom is -0.490 e. The third-order valence-corrected chi connectivity index (χ3v) is 3.81. The number of carbonyl (C=O) groups excluding carboxylic acids is 1. The molecule has 7 heteroatoms. The van der Waals surface area contributed by atoms with Gasteiger partial charge in [0.25, 0.3) is 0 Å². The number of hydrogen-bond donors (Lipinski definition) is 3. The number of rotatable bonds is 10. The molecule has 3 atom stereocenters. The summed E-state index contributed by atoms with van der Waals surface area (Å²) in [5, 5.41) is 15.8. The summed E-state index contributed by atoms with van der Waals surface area (Å²) in [6, 6.07) is 6.71. The summed E-state index contributed by atoms with van der Waals surface area (Å²) in [6.07, 6.45) is 1.30. The first-order chi connectivity index (χ1) is 11.0. The number of hydrogen-bond acceptors (Lipinski definition) is 4. The van der Waals surface area contributed by atoms with Gasteiger partial charge < -0.3 is 20.5 Å². The van der Waals surface area contributed by atoms with Crippen LogP contribution in [0.1, 0.15) is 12.5 Å². The second-order valence-corrected chi connectivity index (χ2v) is 5.61. The van der Waals surface area contributed by atoms with Crippen molar-refractivity contribution < 1.29 is 14.6 Å². The molecule has 0 unspecified atom stereocenters. The molecule has 5 nitrogen and oxygen atoms in total. The first kappa shape index (κ1) is 22.7. The van der Waals surface area contributed by atoms with Crippen molar-refractivity contribution in [1.82, 2.24) is 10.6 Å². The van der Waals surface area contributed by atoms with Gasteiger partial charge in [0, 0.05) is 0 Å². The van der Waals surface area contributed by atoms with Crippen molar-refractivity contribution in [2.75, 3.05) is 19.5 Å². The Bertz CT molecular complexity index is 514. The Morgan fingerprint density at radius 1 is 1.50 bits per heavy atom. The van der Waals surface area contributed by atoms with Crippen molar-refractivity contribution in [3.05, 3.63) is 42.5 Å². The number of aliphatic hydroxyl groups excluding tert-OH is 1. The Hall–Kier alpha value is -1.27. The fraction of sp³-hybridized carbons (Fsp3) is 0.471. The van der Waals surface area contributed by atoms with Crippen molar-refractivity contribution in [1.29, 1.82) is 0 Å². The Morgan fingerprint density at radius 3 is 2.79 bits per heavy atom. The molecule has 1 rings (SSSR count). The molecule has 0 aliphatic carbocycles. The standard InChI is InChI=1S/C17H25ClN2O3.ClH/c1-4-8-23-14-7-5-6-13(9-14)10-15(16(21)11-18)20-17(22)12(2)19-3;/h4-7,9,12,15-16,19,21H,1,8,10-11H2,2-3H3,(H,20,22);1H/t12-,15-,16+;/m0./s1. The molecule has 0 radical (unpaired) electrons. The average Bonchev–Trinajstić information content (AvgIpc) is 2.58. The van der Waals surface area contributed by atoms with Crippen LogP contribution in [0.5, 0.6) is 5.75 Å². The quantitative estimate of drug-likeness (QED) is 0.430. The van der Waals surface area contributed by atoms with Gasteiger partial charge in [0.1, 0.15) is 12.4 Å². The smallest absolute Gasteiger partial charge is 0.237 e. The number of halogens is 2. The van der Waals surface area contributed by atoms with Gasteiger partial charge in [0.2, 0.25) is 5.91 Å². The fourth-order valence-electron chi connectivity index (χ4n) is 2.00. The molecule has 1 amide bonds. The van der Waals surface area contributed by atoms with Crippen LogP contribution in [0.15, 0.2) is 36.9 Å². The number of amides is 1. The maximum atomic E-state index is 12.0. The van der Waals surface area contributed by atoms with Crippen LogP contribution in [0.3, 0.4) is 0 Å². The minimum atomic E-state index is -0.831. The van der Waals surface area contributed by atoms with E-state index in [9.17, 15) is 9.90 Å². The molecule has 0 saturated heterocycles. The van der Waals surface area contributed by atoms with Crippen LogP contribution in [0.25, 0.3) is 0 Å². The molecule has 0 aliphatic rings. The van der Waals surface area contributed by atoms with Gasteiger partial charge in [0.05, 0.1) is 24.1 Å². The van der Waals surface area contributed by atoms with Crippen LogP contribution in [0, 0.1) is 0 Å². The number of nitrogens with one attached hydrogen (secondary N) is 2. The lowest BCUT2D eigenvalue weighted by Gasteiger charge is -2.24. The predicted octanol–water partition coefficient (Wildman–Crippen LogP) is 1.91. The zero-order chi connectivity index (χ0) is 17.2. The highest BCUT2D eigenvalue weighted by atomic mass is 35.5. The van der Waals surface area contributed by atoms with E-state index in [1.54, 1.807) is 20.0 Å². The normalized spacial score (nSPS) is 14.0. The molecular formula is C17H26Cl2N2O3. The lowest BCUT2D eigenvalue weighted by atomic mass is 10.0.